The molecule has 94 valence electrons. The Kier molecular flexibility index (Phi) is 3.83. The van der Waals surface area contributed by atoms with Crippen LogP contribution in [0.25, 0.3) is 0 Å². The third-order valence-corrected chi connectivity index (χ3v) is 1.92. The molecule has 0 heterocycles. The fraction of sp³-hybridized carbons (Fsp3) is 0.417. The van der Waals surface area contributed by atoms with E-state index in [1.165, 1.54) is 7.11 Å². The summed E-state index contributed by atoms with van der Waals surface area (Å²) >= 11 is 0. The lowest BCUT2D eigenvalue weighted by molar-refractivity contribution is 0.0636. The number of para-hydroxylation sites is 1. The highest BCUT2D eigenvalue weighted by molar-refractivity contribution is 5.90. The van der Waals surface area contributed by atoms with E-state index in [2.05, 4.69) is 5.32 Å². The van der Waals surface area contributed by atoms with E-state index in [1.54, 1.807) is 39.0 Å². The molecular weight excluding hydrogens is 220 g/mol. The van der Waals surface area contributed by atoms with Crippen molar-refractivity contribution in [2.75, 3.05) is 18.2 Å². The van der Waals surface area contributed by atoms with Crippen LogP contribution in [0.4, 0.5) is 16.2 Å². The zero-order valence-electron chi connectivity index (χ0n) is 10.5. The van der Waals surface area contributed by atoms with Crippen molar-refractivity contribution in [2.24, 2.45) is 0 Å². The lowest BCUT2D eigenvalue weighted by atomic mass is 10.2. The van der Waals surface area contributed by atoms with Gasteiger partial charge in [-0.25, -0.2) is 4.79 Å². The monoisotopic (exact) mass is 238 g/mol. The van der Waals surface area contributed by atoms with Gasteiger partial charge in [-0.05, 0) is 32.9 Å². The van der Waals surface area contributed by atoms with Gasteiger partial charge in [-0.15, -0.1) is 0 Å². The SMILES string of the molecule is COc1cccc(NC(=O)OC(C)(C)C)c1N. The van der Waals surface area contributed by atoms with E-state index in [0.717, 1.165) is 0 Å². The van der Waals surface area contributed by atoms with Gasteiger partial charge in [0.2, 0.25) is 0 Å². The molecule has 0 atom stereocenters. The van der Waals surface area contributed by atoms with Gasteiger partial charge in [0, 0.05) is 0 Å². The highest BCUT2D eigenvalue weighted by atomic mass is 16.6. The van der Waals surface area contributed by atoms with Crippen LogP contribution in [0.3, 0.4) is 0 Å². The summed E-state index contributed by atoms with van der Waals surface area (Å²) in [5.41, 5.74) is 6.11. The Hall–Kier alpha value is -1.91. The number of nitrogen functional groups attached to an aromatic ring is 1. The molecule has 3 N–H and O–H groups in total. The second-order valence-electron chi connectivity index (χ2n) is 4.55. The molecule has 0 unspecified atom stereocenters. The summed E-state index contributed by atoms with van der Waals surface area (Å²) in [7, 11) is 1.52. The van der Waals surface area contributed by atoms with E-state index < -0.39 is 11.7 Å². The summed E-state index contributed by atoms with van der Waals surface area (Å²) in [4.78, 5) is 11.6. The van der Waals surface area contributed by atoms with Crippen LogP contribution in [-0.2, 0) is 4.74 Å². The smallest absolute Gasteiger partial charge is 0.412 e. The number of ether oxygens (including phenoxy) is 2. The van der Waals surface area contributed by atoms with Crippen molar-refractivity contribution in [3.63, 3.8) is 0 Å². The Morgan fingerprint density at radius 1 is 1.35 bits per heavy atom. The van der Waals surface area contributed by atoms with Crippen LogP contribution in [0.5, 0.6) is 5.75 Å². The number of nitrogens with one attached hydrogen (secondary N) is 1. The predicted molar refractivity (Wildman–Crippen MR) is 67.3 cm³/mol. The zero-order valence-corrected chi connectivity index (χ0v) is 10.5. The average molecular weight is 238 g/mol. The van der Waals surface area contributed by atoms with E-state index in [0.29, 0.717) is 17.1 Å². The predicted octanol–water partition coefficient (Wildman–Crippen LogP) is 2.62. The van der Waals surface area contributed by atoms with Crippen molar-refractivity contribution in [1.82, 2.24) is 0 Å². The van der Waals surface area contributed by atoms with Gasteiger partial charge >= 0.3 is 6.09 Å². The summed E-state index contributed by atoms with van der Waals surface area (Å²) in [6.07, 6.45) is -0.544. The van der Waals surface area contributed by atoms with Gasteiger partial charge in [0.1, 0.15) is 11.4 Å². The van der Waals surface area contributed by atoms with Crippen molar-refractivity contribution >= 4 is 17.5 Å². The Morgan fingerprint density at radius 2 is 2.00 bits per heavy atom. The molecule has 1 rings (SSSR count). The standard InChI is InChI=1S/C12H18N2O3/c1-12(2,3)17-11(15)14-8-6-5-7-9(16-4)10(8)13/h5-7H,13H2,1-4H3,(H,14,15). The molecule has 0 saturated carbocycles. The number of hydrogen-bond acceptors (Lipinski definition) is 4. The van der Waals surface area contributed by atoms with E-state index in [4.69, 9.17) is 15.2 Å². The molecule has 0 fully saturated rings. The second-order valence-corrected chi connectivity index (χ2v) is 4.55. The molecule has 1 aromatic rings. The number of hydrogen-bond donors (Lipinski definition) is 2. The quantitative estimate of drug-likeness (QED) is 0.777. The first-order chi connectivity index (χ1) is 7.83. The van der Waals surface area contributed by atoms with Gasteiger partial charge in [-0.1, -0.05) is 6.07 Å². The van der Waals surface area contributed by atoms with Crippen LogP contribution in [0, 0.1) is 0 Å². The molecule has 0 radical (unpaired) electrons. The number of carbonyl (C=O) groups excluding carboxylic acids is 1. The largest absolute Gasteiger partial charge is 0.495 e. The Labute approximate surface area is 101 Å². The minimum Gasteiger partial charge on any atom is -0.495 e. The van der Waals surface area contributed by atoms with Crippen molar-refractivity contribution in [2.45, 2.75) is 26.4 Å². The van der Waals surface area contributed by atoms with Crippen LogP contribution >= 0.6 is 0 Å². The number of rotatable bonds is 2. The van der Waals surface area contributed by atoms with Crippen LogP contribution < -0.4 is 15.8 Å². The van der Waals surface area contributed by atoms with Gasteiger partial charge < -0.3 is 15.2 Å². The van der Waals surface area contributed by atoms with Crippen LogP contribution in [-0.4, -0.2) is 18.8 Å². The molecule has 1 amide bonds. The molecule has 5 heteroatoms. The summed E-state index contributed by atoms with van der Waals surface area (Å²) in [6.45, 7) is 5.38. The lowest BCUT2D eigenvalue weighted by Gasteiger charge is -2.20. The van der Waals surface area contributed by atoms with E-state index in [1.807, 2.05) is 0 Å². The number of anilines is 2. The number of amides is 1. The molecule has 5 nitrogen and oxygen atoms in total. The van der Waals surface area contributed by atoms with Crippen LogP contribution in [0.15, 0.2) is 18.2 Å². The minimum atomic E-state index is -0.544. The Morgan fingerprint density at radius 3 is 2.53 bits per heavy atom. The molecule has 0 aliphatic carbocycles. The van der Waals surface area contributed by atoms with Crippen molar-refractivity contribution in [3.05, 3.63) is 18.2 Å². The topological polar surface area (TPSA) is 73.6 Å². The fourth-order valence-electron chi connectivity index (χ4n) is 1.24. The number of methoxy groups -OCH3 is 1. The Balaban J connectivity index is 2.79. The summed E-state index contributed by atoms with van der Waals surface area (Å²) in [6, 6.07) is 5.14. The van der Waals surface area contributed by atoms with Gasteiger partial charge in [0.05, 0.1) is 18.5 Å². The number of carbonyl (C=O) groups is 1. The first kappa shape index (κ1) is 13.2. The molecule has 0 saturated heterocycles. The molecule has 1 aromatic carbocycles. The van der Waals surface area contributed by atoms with E-state index in [-0.39, 0.29) is 0 Å². The molecule has 0 aliphatic rings. The number of benzene rings is 1. The first-order valence-corrected chi connectivity index (χ1v) is 5.26. The van der Waals surface area contributed by atoms with E-state index in [9.17, 15) is 4.79 Å². The van der Waals surface area contributed by atoms with Crippen LogP contribution in [0.2, 0.25) is 0 Å². The summed E-state index contributed by atoms with van der Waals surface area (Å²) in [5, 5.41) is 2.58. The maximum Gasteiger partial charge on any atom is 0.412 e. The summed E-state index contributed by atoms with van der Waals surface area (Å²) in [5.74, 6) is 0.513. The van der Waals surface area contributed by atoms with Gasteiger partial charge in [-0.2, -0.15) is 0 Å². The molecule has 0 aromatic heterocycles. The van der Waals surface area contributed by atoms with Gasteiger partial charge in [0.15, 0.2) is 0 Å². The summed E-state index contributed by atoms with van der Waals surface area (Å²) < 4.78 is 10.2. The molecule has 0 spiro atoms. The highest BCUT2D eigenvalue weighted by Crippen LogP contribution is 2.29. The Bertz CT molecular complexity index is 411. The first-order valence-electron chi connectivity index (χ1n) is 5.26. The third-order valence-electron chi connectivity index (χ3n) is 1.92. The van der Waals surface area contributed by atoms with Crippen molar-refractivity contribution in [1.29, 1.82) is 0 Å². The number of nitrogens with two attached hydrogens (primary N) is 1. The third kappa shape index (κ3) is 3.86. The molecule has 0 aliphatic heterocycles. The second kappa shape index (κ2) is 4.95. The van der Waals surface area contributed by atoms with E-state index >= 15 is 0 Å². The molecule has 0 bridgehead atoms. The van der Waals surface area contributed by atoms with Crippen molar-refractivity contribution in [3.8, 4) is 5.75 Å². The van der Waals surface area contributed by atoms with Gasteiger partial charge in [0.25, 0.3) is 0 Å². The fourth-order valence-corrected chi connectivity index (χ4v) is 1.24. The normalized spacial score (nSPS) is 10.8. The van der Waals surface area contributed by atoms with Crippen LogP contribution in [0.1, 0.15) is 20.8 Å². The van der Waals surface area contributed by atoms with Gasteiger partial charge in [-0.3, -0.25) is 5.32 Å². The highest BCUT2D eigenvalue weighted by Gasteiger charge is 2.17. The average Bonchev–Trinajstić information content (AvgIpc) is 2.18. The minimum absolute atomic E-state index is 0.376. The maximum absolute atomic E-state index is 11.6. The molecular formula is C12H18N2O3. The van der Waals surface area contributed by atoms with Crippen molar-refractivity contribution < 1.29 is 14.3 Å². The maximum atomic E-state index is 11.6. The lowest BCUT2D eigenvalue weighted by Crippen LogP contribution is -2.27. The zero-order chi connectivity index (χ0) is 13.1. The molecule has 17 heavy (non-hydrogen) atoms.